The smallest absolute Gasteiger partial charge is 0.151 e. The van der Waals surface area contributed by atoms with Crippen molar-refractivity contribution in [3.05, 3.63) is 58.9 Å². The minimum Gasteiger partial charge on any atom is -0.492 e. The van der Waals surface area contributed by atoms with Crippen LogP contribution in [0.1, 0.15) is 24.7 Å². The highest BCUT2D eigenvalue weighted by atomic mass is 35.5. The van der Waals surface area contributed by atoms with Gasteiger partial charge in [-0.2, -0.15) is 5.26 Å². The lowest BCUT2D eigenvalue weighted by Gasteiger charge is -2.07. The first-order chi connectivity index (χ1) is 12.1. The number of hydrogen-bond donors (Lipinski definition) is 0. The molecule has 0 saturated heterocycles. The fraction of sp³-hybridized carbons (Fsp3) is 0.200. The normalized spacial score (nSPS) is 11.5. The Bertz CT molecular complexity index is 982. The average Bonchev–Trinajstić information content (AvgIpc) is 2.96. The molecule has 0 aliphatic heterocycles. The zero-order chi connectivity index (χ0) is 17.8. The highest BCUT2D eigenvalue weighted by molar-refractivity contribution is 6.32. The second kappa shape index (κ2) is 7.42. The van der Waals surface area contributed by atoms with Gasteiger partial charge in [0.15, 0.2) is 5.82 Å². The number of aryl methyl sites for hydroxylation is 1. The van der Waals surface area contributed by atoms with E-state index in [4.69, 9.17) is 16.3 Å². The van der Waals surface area contributed by atoms with Gasteiger partial charge in [-0.25, -0.2) is 4.98 Å². The van der Waals surface area contributed by atoms with Gasteiger partial charge in [0.2, 0.25) is 0 Å². The third-order valence-electron chi connectivity index (χ3n) is 3.88. The summed E-state index contributed by atoms with van der Waals surface area (Å²) in [6, 6.07) is 15.6. The fourth-order valence-electron chi connectivity index (χ4n) is 2.64. The molecule has 2 aromatic carbocycles. The SMILES string of the molecule is CCCOc1ccc(/C=C(/C#N)c2nc3ccccc3n2C)cc1Cl. The number of halogens is 1. The van der Waals surface area contributed by atoms with Gasteiger partial charge in [-0.3, -0.25) is 0 Å². The van der Waals surface area contributed by atoms with Crippen molar-refractivity contribution in [2.75, 3.05) is 6.61 Å². The van der Waals surface area contributed by atoms with Crippen LogP contribution >= 0.6 is 11.6 Å². The van der Waals surface area contributed by atoms with E-state index in [0.717, 1.165) is 23.0 Å². The first-order valence-corrected chi connectivity index (χ1v) is 8.47. The van der Waals surface area contributed by atoms with E-state index in [1.165, 1.54) is 0 Å². The third kappa shape index (κ3) is 3.52. The summed E-state index contributed by atoms with van der Waals surface area (Å²) in [5, 5.41) is 10.1. The first kappa shape index (κ1) is 17.1. The number of nitrogens with zero attached hydrogens (tertiary/aromatic N) is 3. The zero-order valence-corrected chi connectivity index (χ0v) is 14.9. The number of rotatable bonds is 5. The van der Waals surface area contributed by atoms with E-state index in [1.807, 2.05) is 54.9 Å². The van der Waals surface area contributed by atoms with Gasteiger partial charge in [0, 0.05) is 7.05 Å². The second-order valence-electron chi connectivity index (χ2n) is 5.69. The second-order valence-corrected chi connectivity index (χ2v) is 6.10. The maximum absolute atomic E-state index is 9.60. The molecule has 0 bridgehead atoms. The van der Waals surface area contributed by atoms with E-state index >= 15 is 0 Å². The molecule has 25 heavy (non-hydrogen) atoms. The Hall–Kier alpha value is -2.77. The lowest BCUT2D eigenvalue weighted by molar-refractivity contribution is 0.317. The predicted molar refractivity (Wildman–Crippen MR) is 101 cm³/mol. The molecule has 0 radical (unpaired) electrons. The molecule has 0 N–H and O–H groups in total. The molecule has 5 heteroatoms. The molecule has 4 nitrogen and oxygen atoms in total. The summed E-state index contributed by atoms with van der Waals surface area (Å²) in [4.78, 5) is 4.57. The topological polar surface area (TPSA) is 50.8 Å². The Morgan fingerprint density at radius 2 is 2.12 bits per heavy atom. The summed E-state index contributed by atoms with van der Waals surface area (Å²) in [6.45, 7) is 2.67. The van der Waals surface area contributed by atoms with Crippen molar-refractivity contribution in [2.45, 2.75) is 13.3 Å². The van der Waals surface area contributed by atoms with Crippen LogP contribution in [0.15, 0.2) is 42.5 Å². The van der Waals surface area contributed by atoms with Crippen LogP contribution in [-0.2, 0) is 7.05 Å². The molecule has 126 valence electrons. The van der Waals surface area contributed by atoms with Crippen molar-refractivity contribution in [3.8, 4) is 11.8 Å². The Balaban J connectivity index is 1.99. The molecule has 1 heterocycles. The van der Waals surface area contributed by atoms with Crippen LogP contribution in [0, 0.1) is 11.3 Å². The predicted octanol–water partition coefficient (Wildman–Crippen LogP) is 5.08. The summed E-state index contributed by atoms with van der Waals surface area (Å²) >= 11 is 6.28. The van der Waals surface area contributed by atoms with Gasteiger partial charge in [0.1, 0.15) is 11.8 Å². The van der Waals surface area contributed by atoms with E-state index in [2.05, 4.69) is 11.1 Å². The molecule has 0 atom stereocenters. The average molecular weight is 352 g/mol. The van der Waals surface area contributed by atoms with Gasteiger partial charge in [-0.15, -0.1) is 0 Å². The van der Waals surface area contributed by atoms with Crippen molar-refractivity contribution in [1.29, 1.82) is 5.26 Å². The van der Waals surface area contributed by atoms with Crippen LogP contribution in [0.4, 0.5) is 0 Å². The quantitative estimate of drug-likeness (QED) is 0.602. The molecule has 0 aliphatic carbocycles. The summed E-state index contributed by atoms with van der Waals surface area (Å²) < 4.78 is 7.50. The molecular weight excluding hydrogens is 334 g/mol. The Morgan fingerprint density at radius 1 is 1.32 bits per heavy atom. The van der Waals surface area contributed by atoms with Gasteiger partial charge >= 0.3 is 0 Å². The monoisotopic (exact) mass is 351 g/mol. The Morgan fingerprint density at radius 3 is 2.80 bits per heavy atom. The Kier molecular flexibility index (Phi) is 5.06. The summed E-state index contributed by atoms with van der Waals surface area (Å²) in [5.41, 5.74) is 3.16. The van der Waals surface area contributed by atoms with Crippen molar-refractivity contribution >= 4 is 34.3 Å². The molecule has 0 aliphatic rings. The lowest BCUT2D eigenvalue weighted by Crippen LogP contribution is -1.97. The number of fused-ring (bicyclic) bond motifs is 1. The Labute approximate surface area is 151 Å². The van der Waals surface area contributed by atoms with Crippen LogP contribution in [0.3, 0.4) is 0 Å². The maximum Gasteiger partial charge on any atom is 0.151 e. The third-order valence-corrected chi connectivity index (χ3v) is 4.17. The standard InChI is InChI=1S/C20H18ClN3O/c1-3-10-25-19-9-8-14(12-16(19)21)11-15(13-22)20-23-17-6-4-5-7-18(17)24(20)2/h4-9,11-12H,3,10H2,1-2H3/b15-11-. The van der Waals surface area contributed by atoms with E-state index in [0.29, 0.717) is 28.8 Å². The highest BCUT2D eigenvalue weighted by Crippen LogP contribution is 2.28. The number of benzene rings is 2. The fourth-order valence-corrected chi connectivity index (χ4v) is 2.88. The molecule has 0 spiro atoms. The van der Waals surface area contributed by atoms with Crippen LogP contribution in [0.2, 0.25) is 5.02 Å². The van der Waals surface area contributed by atoms with Crippen molar-refractivity contribution in [3.63, 3.8) is 0 Å². The number of ether oxygens (including phenoxy) is 1. The van der Waals surface area contributed by atoms with Gasteiger partial charge in [0.25, 0.3) is 0 Å². The number of imidazole rings is 1. The number of nitriles is 1. The largest absolute Gasteiger partial charge is 0.492 e. The lowest BCUT2D eigenvalue weighted by atomic mass is 10.1. The molecule has 0 unspecified atom stereocenters. The van der Waals surface area contributed by atoms with Crippen LogP contribution in [0.5, 0.6) is 5.75 Å². The summed E-state index contributed by atoms with van der Waals surface area (Å²) in [7, 11) is 1.91. The van der Waals surface area contributed by atoms with E-state index in [-0.39, 0.29) is 0 Å². The van der Waals surface area contributed by atoms with Gasteiger partial charge in [-0.1, -0.05) is 36.7 Å². The summed E-state index contributed by atoms with van der Waals surface area (Å²) in [6.07, 6.45) is 2.71. The molecule has 0 amide bonds. The van der Waals surface area contributed by atoms with Crippen LogP contribution in [0.25, 0.3) is 22.7 Å². The molecular formula is C20H18ClN3O. The van der Waals surface area contributed by atoms with E-state index < -0.39 is 0 Å². The molecule has 1 aromatic heterocycles. The van der Waals surface area contributed by atoms with Crippen molar-refractivity contribution in [2.24, 2.45) is 7.05 Å². The summed E-state index contributed by atoms with van der Waals surface area (Å²) in [5.74, 6) is 1.29. The van der Waals surface area contributed by atoms with Crippen molar-refractivity contribution < 1.29 is 4.74 Å². The van der Waals surface area contributed by atoms with Crippen LogP contribution in [-0.4, -0.2) is 16.2 Å². The van der Waals surface area contributed by atoms with Gasteiger partial charge < -0.3 is 9.30 Å². The van der Waals surface area contributed by atoms with E-state index in [1.54, 1.807) is 12.1 Å². The number of hydrogen-bond acceptors (Lipinski definition) is 3. The molecule has 0 fully saturated rings. The first-order valence-electron chi connectivity index (χ1n) is 8.10. The number of aromatic nitrogens is 2. The zero-order valence-electron chi connectivity index (χ0n) is 14.2. The van der Waals surface area contributed by atoms with Crippen molar-refractivity contribution in [1.82, 2.24) is 9.55 Å². The molecule has 3 aromatic rings. The minimum absolute atomic E-state index is 0.483. The maximum atomic E-state index is 9.60. The molecule has 3 rings (SSSR count). The van der Waals surface area contributed by atoms with Gasteiger partial charge in [-0.05, 0) is 42.3 Å². The number of allylic oxidation sites excluding steroid dienone is 1. The molecule has 0 saturated carbocycles. The highest BCUT2D eigenvalue weighted by Gasteiger charge is 2.12. The van der Waals surface area contributed by atoms with E-state index in [9.17, 15) is 5.26 Å². The van der Waals surface area contributed by atoms with Crippen LogP contribution < -0.4 is 4.74 Å². The number of para-hydroxylation sites is 2. The van der Waals surface area contributed by atoms with Gasteiger partial charge in [0.05, 0.1) is 28.2 Å². The minimum atomic E-state index is 0.483.